The van der Waals surface area contributed by atoms with Gasteiger partial charge in [-0.15, -0.1) is 0 Å². The van der Waals surface area contributed by atoms with Gasteiger partial charge in [-0.05, 0) is 24.6 Å². The Kier molecular flexibility index (Phi) is 3.42. The maximum absolute atomic E-state index is 13.6. The zero-order valence-electron chi connectivity index (χ0n) is 10.3. The fourth-order valence-electron chi connectivity index (χ4n) is 1.81. The van der Waals surface area contributed by atoms with E-state index in [1.165, 1.54) is 13.2 Å². The van der Waals surface area contributed by atoms with Crippen LogP contribution in [0.5, 0.6) is 0 Å². The van der Waals surface area contributed by atoms with Gasteiger partial charge in [0, 0.05) is 5.39 Å². The van der Waals surface area contributed by atoms with E-state index in [9.17, 15) is 18.0 Å². The van der Waals surface area contributed by atoms with E-state index >= 15 is 0 Å². The number of nitrogens with zero attached hydrogens (tertiary/aromatic N) is 1. The highest BCUT2D eigenvalue weighted by Crippen LogP contribution is 2.25. The summed E-state index contributed by atoms with van der Waals surface area (Å²) in [4.78, 5) is 15.0. The van der Waals surface area contributed by atoms with Crippen LogP contribution in [0.15, 0.2) is 12.1 Å². The lowest BCUT2D eigenvalue weighted by molar-refractivity contribution is -0.139. The monoisotopic (exact) mass is 269 g/mol. The number of aryl methyl sites for hydroxylation is 1. The molecule has 0 bridgehead atoms. The van der Waals surface area contributed by atoms with E-state index in [1.54, 1.807) is 6.92 Å². The van der Waals surface area contributed by atoms with Gasteiger partial charge in [0.2, 0.25) is 0 Å². The second-order valence-electron chi connectivity index (χ2n) is 4.07. The minimum Gasteiger partial charge on any atom is -0.469 e. The third-order valence-corrected chi connectivity index (χ3v) is 2.75. The van der Waals surface area contributed by atoms with Crippen molar-refractivity contribution in [3.8, 4) is 0 Å². The summed E-state index contributed by atoms with van der Waals surface area (Å²) in [6.07, 6.45) is -0.161. The Morgan fingerprint density at radius 1 is 1.26 bits per heavy atom. The Hall–Kier alpha value is -2.11. The average Bonchev–Trinajstić information content (AvgIpc) is 2.37. The molecule has 0 aliphatic carbocycles. The molecule has 0 aliphatic rings. The van der Waals surface area contributed by atoms with Crippen LogP contribution < -0.4 is 0 Å². The van der Waals surface area contributed by atoms with E-state index in [0.717, 1.165) is 6.07 Å². The van der Waals surface area contributed by atoms with Gasteiger partial charge in [0.1, 0.15) is 5.52 Å². The van der Waals surface area contributed by atoms with Crippen LogP contribution in [0.3, 0.4) is 0 Å². The molecule has 0 spiro atoms. The van der Waals surface area contributed by atoms with Crippen LogP contribution in [-0.4, -0.2) is 18.1 Å². The number of ether oxygens (including phenoxy) is 1. The average molecular weight is 269 g/mol. The van der Waals surface area contributed by atoms with Gasteiger partial charge in [0.25, 0.3) is 0 Å². The lowest BCUT2D eigenvalue weighted by Gasteiger charge is -2.07. The number of hydrogen-bond acceptors (Lipinski definition) is 3. The standard InChI is InChI=1S/C13H10F3NO2/c1-6-3-7(4-10(18)19-2)17-13-8(6)5-9(14)11(15)12(13)16/h3,5H,4H2,1-2H3. The molecule has 0 saturated heterocycles. The SMILES string of the molecule is COC(=O)Cc1cc(C)c2cc(F)c(F)c(F)c2n1. The number of carbonyl (C=O) groups excluding carboxylic acids is 1. The molecule has 19 heavy (non-hydrogen) atoms. The largest absolute Gasteiger partial charge is 0.469 e. The third kappa shape index (κ3) is 2.38. The fraction of sp³-hybridized carbons (Fsp3) is 0.231. The van der Waals surface area contributed by atoms with Gasteiger partial charge in [-0.3, -0.25) is 4.79 Å². The molecule has 0 atom stereocenters. The first-order valence-electron chi connectivity index (χ1n) is 5.44. The summed E-state index contributed by atoms with van der Waals surface area (Å²) in [7, 11) is 1.21. The number of methoxy groups -OCH3 is 1. The van der Waals surface area contributed by atoms with Crippen LogP contribution in [0.4, 0.5) is 13.2 Å². The van der Waals surface area contributed by atoms with Crippen molar-refractivity contribution in [1.82, 2.24) is 4.98 Å². The number of aromatic nitrogens is 1. The van der Waals surface area contributed by atoms with Crippen molar-refractivity contribution in [2.75, 3.05) is 7.11 Å². The van der Waals surface area contributed by atoms with E-state index in [2.05, 4.69) is 9.72 Å². The maximum atomic E-state index is 13.6. The van der Waals surface area contributed by atoms with Gasteiger partial charge in [0.15, 0.2) is 17.5 Å². The summed E-state index contributed by atoms with van der Waals surface area (Å²) in [5.74, 6) is -4.75. The molecule has 0 N–H and O–H groups in total. The number of rotatable bonds is 2. The molecule has 2 rings (SSSR count). The van der Waals surface area contributed by atoms with Gasteiger partial charge in [-0.1, -0.05) is 0 Å². The summed E-state index contributed by atoms with van der Waals surface area (Å²) in [6.45, 7) is 1.60. The lowest BCUT2D eigenvalue weighted by Crippen LogP contribution is -2.07. The van der Waals surface area contributed by atoms with Gasteiger partial charge in [0.05, 0.1) is 19.2 Å². The second kappa shape index (κ2) is 4.87. The molecule has 0 saturated carbocycles. The maximum Gasteiger partial charge on any atom is 0.311 e. The molecule has 0 radical (unpaired) electrons. The summed E-state index contributed by atoms with van der Waals surface area (Å²) in [5, 5.41) is 0.171. The summed E-state index contributed by atoms with van der Waals surface area (Å²) in [6, 6.07) is 2.40. The molecule has 1 aromatic carbocycles. The molecular weight excluding hydrogens is 259 g/mol. The summed E-state index contributed by atoms with van der Waals surface area (Å²) >= 11 is 0. The van der Waals surface area contributed by atoms with E-state index < -0.39 is 23.4 Å². The molecular formula is C13H10F3NO2. The second-order valence-corrected chi connectivity index (χ2v) is 4.07. The Labute approximate surface area is 107 Å². The van der Waals surface area contributed by atoms with Crippen LogP contribution in [0.2, 0.25) is 0 Å². The number of esters is 1. The zero-order valence-corrected chi connectivity index (χ0v) is 10.3. The van der Waals surface area contributed by atoms with Crippen molar-refractivity contribution in [2.24, 2.45) is 0 Å². The van der Waals surface area contributed by atoms with Crippen LogP contribution in [0.25, 0.3) is 10.9 Å². The Balaban J connectivity index is 2.65. The minimum atomic E-state index is -1.57. The van der Waals surface area contributed by atoms with E-state index in [1.807, 2.05) is 0 Å². The highest BCUT2D eigenvalue weighted by Gasteiger charge is 2.17. The molecule has 0 amide bonds. The Morgan fingerprint density at radius 2 is 1.95 bits per heavy atom. The molecule has 3 nitrogen and oxygen atoms in total. The number of hydrogen-bond donors (Lipinski definition) is 0. The van der Waals surface area contributed by atoms with Crippen molar-refractivity contribution < 1.29 is 22.7 Å². The van der Waals surface area contributed by atoms with Crippen molar-refractivity contribution >= 4 is 16.9 Å². The van der Waals surface area contributed by atoms with Gasteiger partial charge in [-0.2, -0.15) is 0 Å². The highest BCUT2D eigenvalue weighted by molar-refractivity contribution is 5.84. The predicted octanol–water partition coefficient (Wildman–Crippen LogP) is 2.68. The van der Waals surface area contributed by atoms with Gasteiger partial charge >= 0.3 is 5.97 Å². The molecule has 2 aromatic rings. The molecule has 0 aliphatic heterocycles. The van der Waals surface area contributed by atoms with Crippen molar-refractivity contribution in [3.05, 3.63) is 40.8 Å². The summed E-state index contributed by atoms with van der Waals surface area (Å²) < 4.78 is 44.4. The van der Waals surface area contributed by atoms with E-state index in [4.69, 9.17) is 0 Å². The summed E-state index contributed by atoms with van der Waals surface area (Å²) in [5.41, 5.74) is 0.446. The van der Waals surface area contributed by atoms with Crippen LogP contribution in [0.1, 0.15) is 11.3 Å². The predicted molar refractivity (Wildman–Crippen MR) is 62.1 cm³/mol. The first-order chi connectivity index (χ1) is 8.93. The quantitative estimate of drug-likeness (QED) is 0.621. The molecule has 1 heterocycles. The number of benzene rings is 1. The topological polar surface area (TPSA) is 39.2 Å². The molecule has 6 heteroatoms. The van der Waals surface area contributed by atoms with Crippen molar-refractivity contribution in [2.45, 2.75) is 13.3 Å². The Morgan fingerprint density at radius 3 is 2.58 bits per heavy atom. The Bertz CT molecular complexity index is 671. The van der Waals surface area contributed by atoms with E-state index in [-0.39, 0.29) is 23.0 Å². The molecule has 100 valence electrons. The van der Waals surface area contributed by atoms with Crippen LogP contribution >= 0.6 is 0 Å². The minimum absolute atomic E-state index is 0.161. The first-order valence-corrected chi connectivity index (χ1v) is 5.44. The van der Waals surface area contributed by atoms with Crippen molar-refractivity contribution in [1.29, 1.82) is 0 Å². The number of halogens is 3. The number of carbonyl (C=O) groups is 1. The zero-order chi connectivity index (χ0) is 14.2. The molecule has 1 aromatic heterocycles. The van der Waals surface area contributed by atoms with Crippen molar-refractivity contribution in [3.63, 3.8) is 0 Å². The van der Waals surface area contributed by atoms with E-state index in [0.29, 0.717) is 5.56 Å². The lowest BCUT2D eigenvalue weighted by atomic mass is 10.1. The molecule has 0 fully saturated rings. The van der Waals surface area contributed by atoms with Gasteiger partial charge < -0.3 is 4.74 Å². The number of fused-ring (bicyclic) bond motifs is 1. The highest BCUT2D eigenvalue weighted by atomic mass is 19.2. The normalized spacial score (nSPS) is 10.8. The van der Waals surface area contributed by atoms with Crippen LogP contribution in [0, 0.1) is 24.4 Å². The number of pyridine rings is 1. The first kappa shape index (κ1) is 13.3. The third-order valence-electron chi connectivity index (χ3n) is 2.75. The molecule has 0 unspecified atom stereocenters. The smallest absolute Gasteiger partial charge is 0.311 e. The van der Waals surface area contributed by atoms with Crippen LogP contribution in [-0.2, 0) is 16.0 Å². The van der Waals surface area contributed by atoms with Gasteiger partial charge in [-0.25, -0.2) is 18.2 Å². The fourth-order valence-corrected chi connectivity index (χ4v) is 1.81.